The van der Waals surface area contributed by atoms with Crippen LogP contribution in [-0.2, 0) is 19.1 Å². The van der Waals surface area contributed by atoms with E-state index in [1.54, 1.807) is 4.90 Å². The number of aliphatic carboxylic acids is 1. The summed E-state index contributed by atoms with van der Waals surface area (Å²) in [5.41, 5.74) is 1.94. The highest BCUT2D eigenvalue weighted by molar-refractivity contribution is 6.01. The van der Waals surface area contributed by atoms with Crippen molar-refractivity contribution >= 4 is 23.5 Å². The Hall–Kier alpha value is -2.41. The van der Waals surface area contributed by atoms with Crippen molar-refractivity contribution < 1.29 is 24.2 Å². The summed E-state index contributed by atoms with van der Waals surface area (Å²) in [4.78, 5) is 37.4. The minimum Gasteiger partial charge on any atom is -0.479 e. The van der Waals surface area contributed by atoms with Crippen LogP contribution in [0.2, 0.25) is 0 Å². The summed E-state index contributed by atoms with van der Waals surface area (Å²) in [6.45, 7) is 4.38. The van der Waals surface area contributed by atoms with E-state index in [4.69, 9.17) is 9.84 Å². The Morgan fingerprint density at radius 1 is 1.38 bits per heavy atom. The number of carboxylic acids is 1. The molecule has 1 saturated heterocycles. The van der Waals surface area contributed by atoms with Gasteiger partial charge in [-0.3, -0.25) is 9.59 Å². The molecule has 0 saturated carbocycles. The maximum absolute atomic E-state index is 12.5. The van der Waals surface area contributed by atoms with Gasteiger partial charge in [-0.15, -0.1) is 0 Å². The first-order chi connectivity index (χ1) is 12.4. The SMILES string of the molecule is CCC(C)c1ccccc1N1CC(C(=O)NCC(OC)C(=O)O)CC1=O. The Bertz CT molecular complexity index is 676. The number of rotatable bonds is 8. The molecule has 26 heavy (non-hydrogen) atoms. The van der Waals surface area contributed by atoms with Gasteiger partial charge in [0.05, 0.1) is 12.5 Å². The number of carbonyl (C=O) groups excluding carboxylic acids is 2. The van der Waals surface area contributed by atoms with Gasteiger partial charge in [-0.2, -0.15) is 0 Å². The van der Waals surface area contributed by atoms with E-state index in [0.717, 1.165) is 17.7 Å². The lowest BCUT2D eigenvalue weighted by atomic mass is 9.96. The number of nitrogens with one attached hydrogen (secondary N) is 1. The van der Waals surface area contributed by atoms with E-state index < -0.39 is 18.0 Å². The van der Waals surface area contributed by atoms with Crippen LogP contribution in [-0.4, -0.2) is 49.2 Å². The molecule has 2 N–H and O–H groups in total. The van der Waals surface area contributed by atoms with Gasteiger partial charge in [0, 0.05) is 25.8 Å². The maximum Gasteiger partial charge on any atom is 0.334 e. The number of ether oxygens (including phenoxy) is 1. The topological polar surface area (TPSA) is 95.9 Å². The van der Waals surface area contributed by atoms with Gasteiger partial charge in [-0.25, -0.2) is 4.79 Å². The minimum atomic E-state index is -1.14. The molecule has 1 heterocycles. The van der Waals surface area contributed by atoms with Crippen LogP contribution in [0.3, 0.4) is 0 Å². The Morgan fingerprint density at radius 3 is 2.69 bits per heavy atom. The third kappa shape index (κ3) is 4.40. The standard InChI is InChI=1S/C19H26N2O5/c1-4-12(2)14-7-5-6-8-15(14)21-11-13(9-17(21)22)18(23)20-10-16(26-3)19(24)25/h5-8,12-13,16H,4,9-11H2,1-3H3,(H,20,23)(H,24,25). The van der Waals surface area contributed by atoms with Crippen LogP contribution in [0, 0.1) is 5.92 Å². The second-order valence-corrected chi connectivity index (χ2v) is 6.58. The van der Waals surface area contributed by atoms with Crippen molar-refractivity contribution in [2.24, 2.45) is 5.92 Å². The van der Waals surface area contributed by atoms with Crippen LogP contribution >= 0.6 is 0 Å². The predicted octanol–water partition coefficient (Wildman–Crippen LogP) is 1.77. The number of hydrogen-bond donors (Lipinski definition) is 2. The molecule has 3 unspecified atom stereocenters. The molecule has 2 rings (SSSR count). The summed E-state index contributed by atoms with van der Waals surface area (Å²) >= 11 is 0. The number of benzene rings is 1. The molecule has 0 spiro atoms. The molecule has 2 amide bonds. The lowest BCUT2D eigenvalue weighted by Gasteiger charge is -2.23. The zero-order chi connectivity index (χ0) is 19.3. The summed E-state index contributed by atoms with van der Waals surface area (Å²) in [6, 6.07) is 7.76. The molecule has 1 aliphatic rings. The van der Waals surface area contributed by atoms with E-state index in [-0.39, 0.29) is 24.8 Å². The van der Waals surface area contributed by atoms with Crippen LogP contribution in [0.4, 0.5) is 5.69 Å². The number of nitrogens with zero attached hydrogens (tertiary/aromatic N) is 1. The van der Waals surface area contributed by atoms with Gasteiger partial charge in [0.25, 0.3) is 0 Å². The number of carbonyl (C=O) groups is 3. The summed E-state index contributed by atoms with van der Waals surface area (Å²) in [5.74, 6) is -1.75. The second kappa shape index (κ2) is 8.80. The zero-order valence-electron chi connectivity index (χ0n) is 15.4. The number of amides is 2. The van der Waals surface area contributed by atoms with Crippen molar-refractivity contribution in [1.29, 1.82) is 0 Å². The van der Waals surface area contributed by atoms with Crippen LogP contribution in [0.15, 0.2) is 24.3 Å². The largest absolute Gasteiger partial charge is 0.479 e. The molecular formula is C19H26N2O5. The molecule has 7 nitrogen and oxygen atoms in total. The lowest BCUT2D eigenvalue weighted by Crippen LogP contribution is -2.41. The van der Waals surface area contributed by atoms with Crippen LogP contribution in [0.25, 0.3) is 0 Å². The van der Waals surface area contributed by atoms with E-state index >= 15 is 0 Å². The van der Waals surface area contributed by atoms with Crippen molar-refractivity contribution in [3.8, 4) is 0 Å². The fourth-order valence-electron chi connectivity index (χ4n) is 3.10. The van der Waals surface area contributed by atoms with Gasteiger partial charge in [0.15, 0.2) is 6.10 Å². The van der Waals surface area contributed by atoms with Crippen molar-refractivity contribution in [3.63, 3.8) is 0 Å². The Labute approximate surface area is 153 Å². The third-order valence-electron chi connectivity index (χ3n) is 4.89. The summed E-state index contributed by atoms with van der Waals surface area (Å²) < 4.78 is 4.80. The van der Waals surface area contributed by atoms with Gasteiger partial charge >= 0.3 is 5.97 Å². The molecule has 7 heteroatoms. The molecule has 0 aliphatic carbocycles. The number of carboxylic acid groups (broad SMARTS) is 1. The molecule has 0 aromatic heterocycles. The quantitative estimate of drug-likeness (QED) is 0.735. The van der Waals surface area contributed by atoms with Crippen molar-refractivity contribution in [2.75, 3.05) is 25.1 Å². The average Bonchev–Trinajstić information content (AvgIpc) is 3.02. The molecule has 1 aromatic rings. The highest BCUT2D eigenvalue weighted by atomic mass is 16.5. The highest BCUT2D eigenvalue weighted by Crippen LogP contribution is 2.33. The van der Waals surface area contributed by atoms with E-state index in [9.17, 15) is 14.4 Å². The molecular weight excluding hydrogens is 336 g/mol. The Kier molecular flexibility index (Phi) is 6.74. The van der Waals surface area contributed by atoms with E-state index in [1.165, 1.54) is 7.11 Å². The summed E-state index contributed by atoms with van der Waals surface area (Å²) in [7, 11) is 1.28. The number of anilines is 1. The monoisotopic (exact) mass is 362 g/mol. The van der Waals surface area contributed by atoms with Gasteiger partial charge in [-0.05, 0) is 24.0 Å². The normalized spacial score (nSPS) is 19.3. The Balaban J connectivity index is 2.07. The third-order valence-corrected chi connectivity index (χ3v) is 4.89. The molecule has 1 aromatic carbocycles. The fourth-order valence-corrected chi connectivity index (χ4v) is 3.10. The van der Waals surface area contributed by atoms with Crippen LogP contribution in [0.5, 0.6) is 0 Å². The summed E-state index contributed by atoms with van der Waals surface area (Å²) in [5, 5.41) is 11.5. The van der Waals surface area contributed by atoms with Crippen LogP contribution in [0.1, 0.15) is 38.2 Å². The molecule has 1 aliphatic heterocycles. The lowest BCUT2D eigenvalue weighted by molar-refractivity contribution is -0.148. The highest BCUT2D eigenvalue weighted by Gasteiger charge is 2.36. The van der Waals surface area contributed by atoms with E-state index in [1.807, 2.05) is 24.3 Å². The van der Waals surface area contributed by atoms with Crippen molar-refractivity contribution in [3.05, 3.63) is 29.8 Å². The fraction of sp³-hybridized carbons (Fsp3) is 0.526. The molecule has 142 valence electrons. The van der Waals surface area contributed by atoms with Crippen molar-refractivity contribution in [2.45, 2.75) is 38.7 Å². The van der Waals surface area contributed by atoms with Gasteiger partial charge < -0.3 is 20.1 Å². The first-order valence-electron chi connectivity index (χ1n) is 8.81. The number of para-hydroxylation sites is 1. The summed E-state index contributed by atoms with van der Waals surface area (Å²) in [6.07, 6.45) is -0.0274. The molecule has 1 fully saturated rings. The second-order valence-electron chi connectivity index (χ2n) is 6.58. The van der Waals surface area contributed by atoms with E-state index in [2.05, 4.69) is 19.2 Å². The van der Waals surface area contributed by atoms with Crippen molar-refractivity contribution in [1.82, 2.24) is 5.32 Å². The average molecular weight is 362 g/mol. The minimum absolute atomic E-state index is 0.0950. The number of methoxy groups -OCH3 is 1. The first-order valence-corrected chi connectivity index (χ1v) is 8.81. The van der Waals surface area contributed by atoms with Gasteiger partial charge in [0.2, 0.25) is 11.8 Å². The predicted molar refractivity (Wildman–Crippen MR) is 97.1 cm³/mol. The molecule has 0 bridgehead atoms. The van der Waals surface area contributed by atoms with E-state index in [0.29, 0.717) is 12.5 Å². The number of hydrogen-bond acceptors (Lipinski definition) is 4. The first kappa shape index (κ1) is 19.9. The van der Waals surface area contributed by atoms with Gasteiger partial charge in [-0.1, -0.05) is 32.0 Å². The Morgan fingerprint density at radius 2 is 2.08 bits per heavy atom. The smallest absolute Gasteiger partial charge is 0.334 e. The van der Waals surface area contributed by atoms with Gasteiger partial charge in [0.1, 0.15) is 0 Å². The molecule has 3 atom stereocenters. The van der Waals surface area contributed by atoms with Crippen LogP contribution < -0.4 is 10.2 Å². The molecule has 0 radical (unpaired) electrons. The maximum atomic E-state index is 12.5. The zero-order valence-corrected chi connectivity index (χ0v) is 15.4.